The molecule has 1 atom stereocenters. The Morgan fingerprint density at radius 2 is 2.17 bits per heavy atom. The Morgan fingerprint density at radius 1 is 1.42 bits per heavy atom. The molecule has 134 valence electrons. The van der Waals surface area contributed by atoms with Crippen LogP contribution in [0, 0.1) is 0 Å². The number of carbonyl (C=O) groups excluding carboxylic acids is 1. The Kier molecular flexibility index (Phi) is 4.43. The van der Waals surface area contributed by atoms with Crippen LogP contribution in [-0.2, 0) is 44.3 Å². The lowest BCUT2D eigenvalue weighted by Crippen LogP contribution is -2.43. The standard InChI is InChI=1S/C13H20N4O5S2/c1-10(18)14-7-11-6-12-8-16(3-4-17(12)15-11)24(21,22)13-2-5-23(19,20)9-13/h6,13H,2-5,7-9H2,1H3,(H,14,18)/t13-/m1/s1. The number of sulfonamides is 1. The first-order valence-corrected chi connectivity index (χ1v) is 11.0. The van der Waals surface area contributed by atoms with E-state index in [-0.39, 0.29) is 36.9 Å². The van der Waals surface area contributed by atoms with Crippen molar-refractivity contribution in [3.05, 3.63) is 17.5 Å². The van der Waals surface area contributed by atoms with Crippen molar-refractivity contribution in [1.82, 2.24) is 19.4 Å². The van der Waals surface area contributed by atoms with E-state index in [9.17, 15) is 21.6 Å². The van der Waals surface area contributed by atoms with Crippen molar-refractivity contribution < 1.29 is 21.6 Å². The van der Waals surface area contributed by atoms with Crippen LogP contribution in [0.4, 0.5) is 0 Å². The monoisotopic (exact) mass is 376 g/mol. The highest BCUT2D eigenvalue weighted by molar-refractivity contribution is 7.95. The molecule has 0 bridgehead atoms. The number of nitrogens with zero attached hydrogens (tertiary/aromatic N) is 3. The minimum absolute atomic E-state index is 0.0659. The van der Waals surface area contributed by atoms with E-state index in [1.807, 2.05) is 0 Å². The Labute approximate surface area is 141 Å². The van der Waals surface area contributed by atoms with Gasteiger partial charge in [0.15, 0.2) is 9.84 Å². The molecule has 0 unspecified atom stereocenters. The second-order valence-corrected chi connectivity index (χ2v) is 10.6. The average Bonchev–Trinajstić information content (AvgIpc) is 3.07. The summed E-state index contributed by atoms with van der Waals surface area (Å²) in [5, 5.41) is 6.15. The van der Waals surface area contributed by atoms with Crippen LogP contribution < -0.4 is 5.32 Å². The third-order valence-corrected chi connectivity index (χ3v) is 8.56. The zero-order chi connectivity index (χ0) is 17.5. The minimum atomic E-state index is -3.65. The molecular formula is C13H20N4O5S2. The third-order valence-electron chi connectivity index (χ3n) is 4.30. The number of carbonyl (C=O) groups is 1. The van der Waals surface area contributed by atoms with Crippen LogP contribution in [-0.4, -0.2) is 60.1 Å². The average molecular weight is 376 g/mol. The molecule has 1 fully saturated rings. The molecule has 3 heterocycles. The quantitative estimate of drug-likeness (QED) is 0.709. The summed E-state index contributed by atoms with van der Waals surface area (Å²) in [6.45, 7) is 2.57. The second kappa shape index (κ2) is 6.12. The van der Waals surface area contributed by atoms with E-state index in [1.54, 1.807) is 10.7 Å². The molecule has 0 saturated carbocycles. The highest BCUT2D eigenvalue weighted by Gasteiger charge is 2.41. The lowest BCUT2D eigenvalue weighted by atomic mass is 10.3. The first-order chi connectivity index (χ1) is 11.2. The lowest BCUT2D eigenvalue weighted by molar-refractivity contribution is -0.119. The Bertz CT molecular complexity index is 859. The van der Waals surface area contributed by atoms with Crippen molar-refractivity contribution in [2.45, 2.75) is 38.2 Å². The Hall–Kier alpha value is -1.46. The molecule has 1 amide bonds. The molecule has 1 saturated heterocycles. The maximum absolute atomic E-state index is 12.7. The predicted octanol–water partition coefficient (Wildman–Crippen LogP) is -1.15. The summed E-state index contributed by atoms with van der Waals surface area (Å²) >= 11 is 0. The third kappa shape index (κ3) is 3.47. The molecular weight excluding hydrogens is 356 g/mol. The van der Waals surface area contributed by atoms with Gasteiger partial charge in [0, 0.05) is 13.5 Å². The van der Waals surface area contributed by atoms with E-state index in [0.29, 0.717) is 18.8 Å². The number of hydrogen-bond donors (Lipinski definition) is 1. The van der Waals surface area contributed by atoms with Crippen LogP contribution in [0.1, 0.15) is 24.7 Å². The molecule has 3 rings (SSSR count). The van der Waals surface area contributed by atoms with Crippen LogP contribution in [0.5, 0.6) is 0 Å². The summed E-state index contributed by atoms with van der Waals surface area (Å²) in [6.07, 6.45) is 0.161. The van der Waals surface area contributed by atoms with Gasteiger partial charge in [-0.1, -0.05) is 0 Å². The largest absolute Gasteiger partial charge is 0.351 e. The van der Waals surface area contributed by atoms with Crippen molar-refractivity contribution in [3.63, 3.8) is 0 Å². The van der Waals surface area contributed by atoms with Crippen molar-refractivity contribution >= 4 is 25.8 Å². The Balaban J connectivity index is 1.73. The van der Waals surface area contributed by atoms with Crippen LogP contribution in [0.25, 0.3) is 0 Å². The number of sulfone groups is 1. The summed E-state index contributed by atoms with van der Waals surface area (Å²) in [5.41, 5.74) is 1.41. The van der Waals surface area contributed by atoms with Gasteiger partial charge < -0.3 is 5.32 Å². The summed E-state index contributed by atoms with van der Waals surface area (Å²) in [4.78, 5) is 11.0. The van der Waals surface area contributed by atoms with E-state index in [1.165, 1.54) is 11.2 Å². The molecule has 2 aliphatic rings. The van der Waals surface area contributed by atoms with Gasteiger partial charge in [-0.15, -0.1) is 0 Å². The van der Waals surface area contributed by atoms with E-state index in [4.69, 9.17) is 0 Å². The molecule has 0 aliphatic carbocycles. The van der Waals surface area contributed by atoms with Crippen LogP contribution in [0.2, 0.25) is 0 Å². The normalized spacial score (nSPS) is 23.8. The first kappa shape index (κ1) is 17.4. The molecule has 0 spiro atoms. The number of aromatic nitrogens is 2. The van der Waals surface area contributed by atoms with Gasteiger partial charge in [0.2, 0.25) is 15.9 Å². The van der Waals surface area contributed by atoms with E-state index in [0.717, 1.165) is 5.69 Å². The number of hydrogen-bond acceptors (Lipinski definition) is 6. The lowest BCUT2D eigenvalue weighted by Gasteiger charge is -2.29. The summed E-state index contributed by atoms with van der Waals surface area (Å²) in [6, 6.07) is 1.77. The van der Waals surface area contributed by atoms with Crippen LogP contribution in [0.15, 0.2) is 6.07 Å². The van der Waals surface area contributed by atoms with Gasteiger partial charge >= 0.3 is 0 Å². The maximum Gasteiger partial charge on any atom is 0.218 e. The number of fused-ring (bicyclic) bond motifs is 1. The highest BCUT2D eigenvalue weighted by atomic mass is 32.2. The zero-order valence-corrected chi connectivity index (χ0v) is 14.9. The summed E-state index contributed by atoms with van der Waals surface area (Å²) in [5.74, 6) is -0.518. The van der Waals surface area contributed by atoms with Crippen LogP contribution in [0.3, 0.4) is 0 Å². The van der Waals surface area contributed by atoms with Gasteiger partial charge in [0.25, 0.3) is 0 Å². The molecule has 9 nitrogen and oxygen atoms in total. The second-order valence-electron chi connectivity index (χ2n) is 6.16. The minimum Gasteiger partial charge on any atom is -0.351 e. The number of amides is 1. The first-order valence-electron chi connectivity index (χ1n) is 7.67. The number of rotatable bonds is 4. The molecule has 1 aromatic heterocycles. The van der Waals surface area contributed by atoms with Gasteiger partial charge in [-0.3, -0.25) is 9.48 Å². The maximum atomic E-state index is 12.7. The molecule has 0 radical (unpaired) electrons. The molecule has 1 N–H and O–H groups in total. The summed E-state index contributed by atoms with van der Waals surface area (Å²) in [7, 11) is -6.90. The van der Waals surface area contributed by atoms with Crippen molar-refractivity contribution in [2.24, 2.45) is 0 Å². The molecule has 1 aromatic rings. The van der Waals surface area contributed by atoms with Crippen molar-refractivity contribution in [2.75, 3.05) is 18.1 Å². The fourth-order valence-corrected chi connectivity index (χ4v) is 7.52. The van der Waals surface area contributed by atoms with E-state index >= 15 is 0 Å². The summed E-state index contributed by atoms with van der Waals surface area (Å²) < 4.78 is 51.6. The van der Waals surface area contributed by atoms with Gasteiger partial charge in [-0.2, -0.15) is 9.40 Å². The highest BCUT2D eigenvalue weighted by Crippen LogP contribution is 2.25. The molecule has 11 heteroatoms. The van der Waals surface area contributed by atoms with E-state index < -0.39 is 25.1 Å². The predicted molar refractivity (Wildman–Crippen MR) is 86.1 cm³/mol. The molecule has 2 aliphatic heterocycles. The van der Waals surface area contributed by atoms with Crippen molar-refractivity contribution in [1.29, 1.82) is 0 Å². The number of nitrogens with one attached hydrogen (secondary N) is 1. The fraction of sp³-hybridized carbons (Fsp3) is 0.692. The van der Waals surface area contributed by atoms with Gasteiger partial charge in [-0.05, 0) is 12.5 Å². The SMILES string of the molecule is CC(=O)NCc1cc2n(n1)CCN(S(=O)(=O)[C@@H]1CCS(=O)(=O)C1)C2. The molecule has 24 heavy (non-hydrogen) atoms. The fourth-order valence-electron chi connectivity index (χ4n) is 3.03. The zero-order valence-electron chi connectivity index (χ0n) is 13.3. The molecule has 0 aromatic carbocycles. The van der Waals surface area contributed by atoms with Crippen molar-refractivity contribution in [3.8, 4) is 0 Å². The van der Waals surface area contributed by atoms with Gasteiger partial charge in [0.05, 0.1) is 47.8 Å². The van der Waals surface area contributed by atoms with Gasteiger partial charge in [0.1, 0.15) is 0 Å². The smallest absolute Gasteiger partial charge is 0.218 e. The van der Waals surface area contributed by atoms with Gasteiger partial charge in [-0.25, -0.2) is 16.8 Å². The Morgan fingerprint density at radius 3 is 2.79 bits per heavy atom. The van der Waals surface area contributed by atoms with Crippen LogP contribution >= 0.6 is 0 Å². The van der Waals surface area contributed by atoms with E-state index in [2.05, 4.69) is 10.4 Å². The topological polar surface area (TPSA) is 118 Å².